The molecule has 0 spiro atoms. The van der Waals surface area contributed by atoms with Crippen molar-refractivity contribution in [3.8, 4) is 0 Å². The van der Waals surface area contributed by atoms with Crippen LogP contribution in [0.4, 0.5) is 11.8 Å². The molecular formula is C37H42N8O4. The fraction of sp³-hybridized carbons (Fsp3) is 0.351. The number of aromatic nitrogens is 4. The van der Waals surface area contributed by atoms with Gasteiger partial charge in [0.15, 0.2) is 17.0 Å². The monoisotopic (exact) mass is 662 g/mol. The lowest BCUT2D eigenvalue weighted by Gasteiger charge is -2.22. The molecule has 2 fully saturated rings. The van der Waals surface area contributed by atoms with Gasteiger partial charge in [-0.3, -0.25) is 4.79 Å². The lowest BCUT2D eigenvalue weighted by Crippen LogP contribution is -2.44. The molecule has 0 radical (unpaired) electrons. The number of anilines is 2. The van der Waals surface area contributed by atoms with Crippen molar-refractivity contribution in [2.45, 2.75) is 55.7 Å². The quantitative estimate of drug-likeness (QED) is 0.134. The first-order valence-corrected chi connectivity index (χ1v) is 16.8. The Balaban J connectivity index is 1.13. The minimum Gasteiger partial charge on any atom is -0.388 e. The van der Waals surface area contributed by atoms with Crippen LogP contribution >= 0.6 is 0 Å². The van der Waals surface area contributed by atoms with Gasteiger partial charge in [0.25, 0.3) is 0 Å². The number of fused-ring (bicyclic) bond motifs is 1. The summed E-state index contributed by atoms with van der Waals surface area (Å²) in [5, 5.41) is 28.7. The Kier molecular flexibility index (Phi) is 9.80. The molecule has 3 heterocycles. The zero-order chi connectivity index (χ0) is 33.7. The molecule has 2 aliphatic rings. The van der Waals surface area contributed by atoms with Crippen molar-refractivity contribution >= 4 is 28.8 Å². The van der Waals surface area contributed by atoms with Crippen molar-refractivity contribution in [3.05, 3.63) is 114 Å². The molecule has 5 aromatic rings. The zero-order valence-corrected chi connectivity index (χ0v) is 27.2. The molecule has 5 atom stereocenters. The maximum absolute atomic E-state index is 12.7. The summed E-state index contributed by atoms with van der Waals surface area (Å²) >= 11 is 0. The highest BCUT2D eigenvalue weighted by molar-refractivity contribution is 5.84. The molecule has 0 bridgehead atoms. The molecule has 1 aliphatic heterocycles. The summed E-state index contributed by atoms with van der Waals surface area (Å²) in [6.07, 6.45) is 0.386. The second-order valence-electron chi connectivity index (χ2n) is 12.9. The number of amides is 1. The largest absolute Gasteiger partial charge is 0.388 e. The van der Waals surface area contributed by atoms with Crippen LogP contribution in [0.2, 0.25) is 0 Å². The number of hydrogen-bond acceptors (Lipinski definition) is 10. The van der Waals surface area contributed by atoms with Crippen molar-refractivity contribution in [1.29, 1.82) is 0 Å². The van der Waals surface area contributed by atoms with E-state index in [1.165, 1.54) is 11.1 Å². The highest BCUT2D eigenvalue weighted by Gasteiger charge is 2.44. The van der Waals surface area contributed by atoms with Gasteiger partial charge < -0.3 is 40.8 Å². The Hall–Kier alpha value is -4.88. The van der Waals surface area contributed by atoms with Crippen molar-refractivity contribution in [2.24, 2.45) is 5.73 Å². The molecule has 1 saturated heterocycles. The van der Waals surface area contributed by atoms with Gasteiger partial charge in [0.2, 0.25) is 11.9 Å². The van der Waals surface area contributed by atoms with Gasteiger partial charge in [-0.15, -0.1) is 0 Å². The fourth-order valence-electron chi connectivity index (χ4n) is 6.89. The topological polar surface area (TPSA) is 164 Å². The Labute approximate surface area is 285 Å². The Morgan fingerprint density at radius 3 is 2.27 bits per heavy atom. The summed E-state index contributed by atoms with van der Waals surface area (Å²) in [4.78, 5) is 29.4. The number of carbonyl (C=O) groups excluding carboxylic acids is 1. The smallest absolute Gasteiger partial charge is 0.246 e. The van der Waals surface area contributed by atoms with Gasteiger partial charge in [0, 0.05) is 31.6 Å². The van der Waals surface area contributed by atoms with Gasteiger partial charge in [0.1, 0.15) is 18.8 Å². The number of aliphatic hydroxyl groups excluding tert-OH is 2. The second-order valence-corrected chi connectivity index (χ2v) is 12.9. The van der Waals surface area contributed by atoms with Crippen LogP contribution in [0.25, 0.3) is 11.2 Å². The van der Waals surface area contributed by atoms with E-state index in [1.807, 2.05) is 66.7 Å². The Morgan fingerprint density at radius 1 is 0.939 bits per heavy atom. The normalized spacial score (nSPS) is 22.2. The summed E-state index contributed by atoms with van der Waals surface area (Å²) in [5.41, 5.74) is 10.6. The average molecular weight is 663 g/mol. The molecule has 12 nitrogen and oxygen atoms in total. The lowest BCUT2D eigenvalue weighted by atomic mass is 9.91. The minimum absolute atomic E-state index is 0.0222. The molecule has 6 N–H and O–H groups in total. The molecule has 12 heteroatoms. The van der Waals surface area contributed by atoms with Crippen LogP contribution in [0.3, 0.4) is 0 Å². The number of ether oxygens (including phenoxy) is 1. The predicted molar refractivity (Wildman–Crippen MR) is 187 cm³/mol. The SMILES string of the molecule is N[C@@H]1CCN(c2nc(NCC(c3ccccc3)c3ccccc3)c3ncn([C@@H]4C[C@H](NC(=O)COCc5ccccc5)[C@@H](O)[C@H]4O)c3n2)C1. The molecule has 7 rings (SSSR count). The van der Waals surface area contributed by atoms with Gasteiger partial charge in [-0.2, -0.15) is 9.97 Å². The second kappa shape index (κ2) is 14.7. The predicted octanol–water partition coefficient (Wildman–Crippen LogP) is 2.98. The van der Waals surface area contributed by atoms with Crippen molar-refractivity contribution in [2.75, 3.05) is 36.5 Å². The molecule has 2 aromatic heterocycles. The number of nitrogens with one attached hydrogen (secondary N) is 2. The summed E-state index contributed by atoms with van der Waals surface area (Å²) in [7, 11) is 0. The third kappa shape index (κ3) is 7.27. The Morgan fingerprint density at radius 2 is 1.61 bits per heavy atom. The van der Waals surface area contributed by atoms with E-state index in [-0.39, 0.29) is 30.9 Å². The average Bonchev–Trinajstić information content (AvgIpc) is 3.83. The van der Waals surface area contributed by atoms with Crippen molar-refractivity contribution in [1.82, 2.24) is 24.8 Å². The summed E-state index contributed by atoms with van der Waals surface area (Å²) < 4.78 is 7.37. The lowest BCUT2D eigenvalue weighted by molar-refractivity contribution is -0.127. The van der Waals surface area contributed by atoms with E-state index in [1.54, 1.807) is 10.9 Å². The molecule has 1 saturated carbocycles. The fourth-order valence-corrected chi connectivity index (χ4v) is 6.89. The van der Waals surface area contributed by atoms with Gasteiger partial charge in [0.05, 0.1) is 25.0 Å². The van der Waals surface area contributed by atoms with E-state index in [4.69, 9.17) is 25.4 Å². The number of imidazole rings is 1. The zero-order valence-electron chi connectivity index (χ0n) is 27.2. The van der Waals surface area contributed by atoms with Gasteiger partial charge in [-0.1, -0.05) is 91.0 Å². The van der Waals surface area contributed by atoms with Gasteiger partial charge in [-0.25, -0.2) is 4.98 Å². The maximum atomic E-state index is 12.7. The van der Waals surface area contributed by atoms with Crippen LogP contribution in [0, 0.1) is 0 Å². The molecule has 1 aliphatic carbocycles. The van der Waals surface area contributed by atoms with E-state index in [2.05, 4.69) is 39.8 Å². The van der Waals surface area contributed by atoms with Crippen molar-refractivity contribution < 1.29 is 19.7 Å². The molecule has 49 heavy (non-hydrogen) atoms. The Bertz CT molecular complexity index is 1800. The number of nitrogens with two attached hydrogens (primary N) is 1. The number of carbonyl (C=O) groups is 1. The molecule has 1 amide bonds. The minimum atomic E-state index is -1.19. The highest BCUT2D eigenvalue weighted by atomic mass is 16.5. The van der Waals surface area contributed by atoms with E-state index in [9.17, 15) is 15.0 Å². The maximum Gasteiger partial charge on any atom is 0.246 e. The summed E-state index contributed by atoms with van der Waals surface area (Å²) in [6.45, 7) is 2.04. The first-order chi connectivity index (χ1) is 23.9. The number of benzene rings is 3. The van der Waals surface area contributed by atoms with Crippen LogP contribution in [-0.4, -0.2) is 86.2 Å². The van der Waals surface area contributed by atoms with E-state index in [0.717, 1.165) is 18.5 Å². The number of nitrogens with zero attached hydrogens (tertiary/aromatic N) is 5. The summed E-state index contributed by atoms with van der Waals surface area (Å²) in [6, 6.07) is 29.0. The number of aliphatic hydroxyl groups is 2. The molecular weight excluding hydrogens is 620 g/mol. The number of rotatable bonds is 12. The van der Waals surface area contributed by atoms with E-state index < -0.39 is 24.3 Å². The standard InChI is InChI=1S/C37H42N8O4/c38-27-16-17-44(20-27)37-42-35(39-19-28(25-12-6-2-7-13-25)26-14-8-3-9-15-26)32-36(43-37)45(23-40-32)30-18-29(33(47)34(30)48)41-31(46)22-49-21-24-10-4-1-5-11-24/h1-15,23,27-30,33-34,47-48H,16-22,38H2,(H,41,46)(H,39,42,43)/t27-,29+,30-,33-,34+/m1/s1. The molecule has 0 unspecified atom stereocenters. The summed E-state index contributed by atoms with van der Waals surface area (Å²) in [5.74, 6) is 0.779. The van der Waals surface area contributed by atoms with Crippen LogP contribution in [0.5, 0.6) is 0 Å². The first-order valence-electron chi connectivity index (χ1n) is 16.8. The van der Waals surface area contributed by atoms with E-state index >= 15 is 0 Å². The molecule has 3 aromatic carbocycles. The molecule has 254 valence electrons. The van der Waals surface area contributed by atoms with Crippen LogP contribution in [0.1, 0.15) is 41.5 Å². The van der Waals surface area contributed by atoms with Crippen LogP contribution in [-0.2, 0) is 16.1 Å². The van der Waals surface area contributed by atoms with Crippen LogP contribution in [0.15, 0.2) is 97.3 Å². The third-order valence-corrected chi connectivity index (χ3v) is 9.49. The van der Waals surface area contributed by atoms with Crippen molar-refractivity contribution in [3.63, 3.8) is 0 Å². The number of hydrogen-bond donors (Lipinski definition) is 5. The third-order valence-electron chi connectivity index (χ3n) is 9.49. The highest BCUT2D eigenvalue weighted by Crippen LogP contribution is 2.35. The van der Waals surface area contributed by atoms with Gasteiger partial charge in [-0.05, 0) is 29.5 Å². The first kappa shape index (κ1) is 32.7. The van der Waals surface area contributed by atoms with Gasteiger partial charge >= 0.3 is 0 Å². The van der Waals surface area contributed by atoms with Crippen LogP contribution < -0.4 is 21.3 Å². The van der Waals surface area contributed by atoms with E-state index in [0.29, 0.717) is 42.6 Å².